The van der Waals surface area contributed by atoms with Crippen molar-refractivity contribution < 1.29 is 0 Å². The predicted molar refractivity (Wildman–Crippen MR) is 66.7 cm³/mol. The molecule has 0 amide bonds. The number of pyridine rings is 1. The summed E-state index contributed by atoms with van der Waals surface area (Å²) in [5.41, 5.74) is 7.96. The van der Waals surface area contributed by atoms with Gasteiger partial charge in [0.05, 0.1) is 16.1 Å². The van der Waals surface area contributed by atoms with E-state index in [1.807, 2.05) is 18.2 Å². The molecule has 0 fully saturated rings. The van der Waals surface area contributed by atoms with Crippen molar-refractivity contribution in [3.8, 4) is 0 Å². The minimum atomic E-state index is -0.233. The fourth-order valence-electron chi connectivity index (χ4n) is 1.46. The van der Waals surface area contributed by atoms with Gasteiger partial charge in [-0.1, -0.05) is 35.3 Å². The molecule has 16 heavy (non-hydrogen) atoms. The van der Waals surface area contributed by atoms with Crippen molar-refractivity contribution in [1.82, 2.24) is 4.98 Å². The normalized spacial score (nSPS) is 12.4. The monoisotopic (exact) mass is 252 g/mol. The number of benzene rings is 1. The summed E-state index contributed by atoms with van der Waals surface area (Å²) in [4.78, 5) is 4.03. The summed E-state index contributed by atoms with van der Waals surface area (Å²) in [5, 5.41) is 1.04. The second-order valence-corrected chi connectivity index (χ2v) is 4.25. The molecule has 0 bridgehead atoms. The van der Waals surface area contributed by atoms with E-state index < -0.39 is 0 Å². The van der Waals surface area contributed by atoms with Crippen molar-refractivity contribution in [2.24, 2.45) is 5.73 Å². The van der Waals surface area contributed by atoms with Crippen LogP contribution in [0.4, 0.5) is 0 Å². The molecule has 1 atom stereocenters. The largest absolute Gasteiger partial charge is 0.320 e. The molecule has 0 spiro atoms. The van der Waals surface area contributed by atoms with Gasteiger partial charge in [0.2, 0.25) is 0 Å². The maximum absolute atomic E-state index is 6.09. The quantitative estimate of drug-likeness (QED) is 0.890. The zero-order valence-corrected chi connectivity index (χ0v) is 9.91. The van der Waals surface area contributed by atoms with Gasteiger partial charge in [-0.25, -0.2) is 0 Å². The lowest BCUT2D eigenvalue weighted by atomic mass is 10.0. The molecule has 0 aliphatic heterocycles. The molecule has 1 aromatic heterocycles. The SMILES string of the molecule is NC(c1cccnc1)c1ccc(Cl)c(Cl)c1. The van der Waals surface area contributed by atoms with Crippen LogP contribution in [0.2, 0.25) is 10.0 Å². The first-order valence-corrected chi connectivity index (χ1v) is 5.54. The zero-order chi connectivity index (χ0) is 11.5. The summed E-state index contributed by atoms with van der Waals surface area (Å²) in [5.74, 6) is 0. The number of hydrogen-bond acceptors (Lipinski definition) is 2. The summed E-state index contributed by atoms with van der Waals surface area (Å²) >= 11 is 11.8. The van der Waals surface area contributed by atoms with E-state index in [4.69, 9.17) is 28.9 Å². The van der Waals surface area contributed by atoms with Crippen LogP contribution in [-0.2, 0) is 0 Å². The fraction of sp³-hybridized carbons (Fsp3) is 0.0833. The first-order valence-electron chi connectivity index (χ1n) is 4.79. The van der Waals surface area contributed by atoms with Crippen LogP contribution in [0.25, 0.3) is 0 Å². The average molecular weight is 253 g/mol. The minimum Gasteiger partial charge on any atom is -0.320 e. The predicted octanol–water partition coefficient (Wildman–Crippen LogP) is 3.44. The molecule has 2 rings (SSSR count). The third-order valence-electron chi connectivity index (χ3n) is 2.35. The smallest absolute Gasteiger partial charge is 0.0595 e. The Bertz CT molecular complexity index is 486. The number of halogens is 2. The van der Waals surface area contributed by atoms with E-state index in [-0.39, 0.29) is 6.04 Å². The Balaban J connectivity index is 2.34. The van der Waals surface area contributed by atoms with Gasteiger partial charge in [-0.2, -0.15) is 0 Å². The standard InChI is InChI=1S/C12H10Cl2N2/c13-10-4-3-8(6-11(10)14)12(15)9-2-1-5-16-7-9/h1-7,12H,15H2. The third kappa shape index (κ3) is 2.35. The first-order chi connectivity index (χ1) is 7.68. The molecule has 2 nitrogen and oxygen atoms in total. The van der Waals surface area contributed by atoms with Crippen LogP contribution in [0, 0.1) is 0 Å². The molecule has 2 N–H and O–H groups in total. The highest BCUT2D eigenvalue weighted by Crippen LogP contribution is 2.27. The number of hydrogen-bond donors (Lipinski definition) is 1. The average Bonchev–Trinajstić information content (AvgIpc) is 2.33. The van der Waals surface area contributed by atoms with E-state index in [0.29, 0.717) is 10.0 Å². The summed E-state index contributed by atoms with van der Waals surface area (Å²) in [6, 6.07) is 8.94. The molecular formula is C12H10Cl2N2. The van der Waals surface area contributed by atoms with Gasteiger partial charge in [0.1, 0.15) is 0 Å². The maximum Gasteiger partial charge on any atom is 0.0595 e. The molecule has 2 aromatic rings. The molecule has 0 saturated heterocycles. The van der Waals surface area contributed by atoms with Gasteiger partial charge in [-0.3, -0.25) is 4.98 Å². The Hall–Kier alpha value is -1.09. The van der Waals surface area contributed by atoms with Crippen molar-refractivity contribution in [2.45, 2.75) is 6.04 Å². The molecular weight excluding hydrogens is 243 g/mol. The Labute approximate surface area is 104 Å². The number of nitrogens with zero attached hydrogens (tertiary/aromatic N) is 1. The topological polar surface area (TPSA) is 38.9 Å². The number of nitrogens with two attached hydrogens (primary N) is 1. The Morgan fingerprint density at radius 1 is 1.06 bits per heavy atom. The Morgan fingerprint density at radius 2 is 1.88 bits per heavy atom. The Kier molecular flexibility index (Phi) is 3.44. The van der Waals surface area contributed by atoms with Gasteiger partial charge in [0.25, 0.3) is 0 Å². The maximum atomic E-state index is 6.09. The van der Waals surface area contributed by atoms with Crippen molar-refractivity contribution in [3.63, 3.8) is 0 Å². The van der Waals surface area contributed by atoms with Crippen LogP contribution in [-0.4, -0.2) is 4.98 Å². The van der Waals surface area contributed by atoms with Gasteiger partial charge >= 0.3 is 0 Å². The lowest BCUT2D eigenvalue weighted by Gasteiger charge is -2.12. The van der Waals surface area contributed by atoms with E-state index in [1.54, 1.807) is 24.5 Å². The molecule has 1 heterocycles. The van der Waals surface area contributed by atoms with Gasteiger partial charge in [0.15, 0.2) is 0 Å². The number of rotatable bonds is 2. The first kappa shape index (κ1) is 11.4. The molecule has 82 valence electrons. The summed E-state index contributed by atoms with van der Waals surface area (Å²) in [6.45, 7) is 0. The van der Waals surface area contributed by atoms with Crippen molar-refractivity contribution in [3.05, 3.63) is 63.9 Å². The molecule has 0 saturated carbocycles. The second kappa shape index (κ2) is 4.83. The van der Waals surface area contributed by atoms with E-state index >= 15 is 0 Å². The summed E-state index contributed by atoms with van der Waals surface area (Å²) in [6.07, 6.45) is 3.46. The van der Waals surface area contributed by atoms with Crippen molar-refractivity contribution in [2.75, 3.05) is 0 Å². The number of aromatic nitrogens is 1. The molecule has 4 heteroatoms. The van der Waals surface area contributed by atoms with Crippen LogP contribution in [0.1, 0.15) is 17.2 Å². The highest BCUT2D eigenvalue weighted by Gasteiger charge is 2.10. The second-order valence-electron chi connectivity index (χ2n) is 3.44. The van der Waals surface area contributed by atoms with Crippen LogP contribution in [0.3, 0.4) is 0 Å². The summed E-state index contributed by atoms with van der Waals surface area (Å²) in [7, 11) is 0. The van der Waals surface area contributed by atoms with Crippen LogP contribution < -0.4 is 5.73 Å². The van der Waals surface area contributed by atoms with E-state index in [0.717, 1.165) is 11.1 Å². The molecule has 0 aliphatic rings. The van der Waals surface area contributed by atoms with Gasteiger partial charge in [-0.15, -0.1) is 0 Å². The van der Waals surface area contributed by atoms with Gasteiger partial charge in [0, 0.05) is 12.4 Å². The van der Waals surface area contributed by atoms with Gasteiger partial charge in [-0.05, 0) is 29.3 Å². The van der Waals surface area contributed by atoms with Crippen LogP contribution in [0.15, 0.2) is 42.7 Å². The van der Waals surface area contributed by atoms with E-state index in [2.05, 4.69) is 4.98 Å². The van der Waals surface area contributed by atoms with Gasteiger partial charge < -0.3 is 5.73 Å². The highest BCUT2D eigenvalue weighted by molar-refractivity contribution is 6.42. The molecule has 0 radical (unpaired) electrons. The van der Waals surface area contributed by atoms with E-state index in [9.17, 15) is 0 Å². The zero-order valence-electron chi connectivity index (χ0n) is 8.40. The lowest BCUT2D eigenvalue weighted by molar-refractivity contribution is 0.863. The van der Waals surface area contributed by atoms with Crippen LogP contribution in [0.5, 0.6) is 0 Å². The lowest BCUT2D eigenvalue weighted by Crippen LogP contribution is -2.11. The Morgan fingerprint density at radius 3 is 2.50 bits per heavy atom. The molecule has 0 aliphatic carbocycles. The minimum absolute atomic E-state index is 0.233. The van der Waals surface area contributed by atoms with Crippen molar-refractivity contribution in [1.29, 1.82) is 0 Å². The third-order valence-corrected chi connectivity index (χ3v) is 3.09. The molecule has 1 aromatic carbocycles. The van der Waals surface area contributed by atoms with E-state index in [1.165, 1.54) is 0 Å². The molecule has 1 unspecified atom stereocenters. The highest BCUT2D eigenvalue weighted by atomic mass is 35.5. The van der Waals surface area contributed by atoms with Crippen molar-refractivity contribution >= 4 is 23.2 Å². The van der Waals surface area contributed by atoms with Crippen LogP contribution >= 0.6 is 23.2 Å². The fourth-order valence-corrected chi connectivity index (χ4v) is 1.76. The summed E-state index contributed by atoms with van der Waals surface area (Å²) < 4.78 is 0.